The first-order chi connectivity index (χ1) is 7.78. The summed E-state index contributed by atoms with van der Waals surface area (Å²) in [6, 6.07) is 11.4. The van der Waals surface area contributed by atoms with Gasteiger partial charge in [-0.15, -0.1) is 0 Å². The maximum atomic E-state index is 5.86. The number of anilines is 3. The van der Waals surface area contributed by atoms with Crippen LogP contribution in [0.4, 0.5) is 17.5 Å². The molecule has 0 amide bonds. The molecule has 0 atom stereocenters. The largest absolute Gasteiger partial charge is 0.373 e. The van der Waals surface area contributed by atoms with E-state index in [-0.39, 0.29) is 0 Å². The van der Waals surface area contributed by atoms with Crippen molar-refractivity contribution < 1.29 is 0 Å². The first kappa shape index (κ1) is 10.7. The smallest absolute Gasteiger partial charge is 0.230 e. The lowest BCUT2D eigenvalue weighted by atomic mass is 10.3. The van der Waals surface area contributed by atoms with Gasteiger partial charge in [-0.3, -0.25) is 0 Å². The van der Waals surface area contributed by atoms with Crippen LogP contribution >= 0.6 is 11.6 Å². The molecule has 0 bridgehead atoms. The third-order valence-electron chi connectivity index (χ3n) is 1.98. The van der Waals surface area contributed by atoms with Crippen LogP contribution in [0.25, 0.3) is 0 Å². The lowest BCUT2D eigenvalue weighted by Crippen LogP contribution is -2.00. The van der Waals surface area contributed by atoms with Crippen LogP contribution in [-0.2, 0) is 0 Å². The van der Waals surface area contributed by atoms with Crippen LogP contribution in [0.2, 0.25) is 5.15 Å². The quantitative estimate of drug-likeness (QED) is 0.802. The zero-order valence-corrected chi connectivity index (χ0v) is 9.49. The molecular weight excluding hydrogens is 224 g/mol. The summed E-state index contributed by atoms with van der Waals surface area (Å²) in [7, 11) is 1.78. The number of hydrogen-bond acceptors (Lipinski definition) is 4. The molecule has 82 valence electrons. The van der Waals surface area contributed by atoms with Crippen LogP contribution in [0.5, 0.6) is 0 Å². The molecule has 0 fully saturated rings. The molecule has 0 aliphatic heterocycles. The summed E-state index contributed by atoms with van der Waals surface area (Å²) >= 11 is 5.86. The summed E-state index contributed by atoms with van der Waals surface area (Å²) in [5, 5.41) is 6.39. The molecule has 0 aliphatic carbocycles. The second kappa shape index (κ2) is 4.81. The Morgan fingerprint density at radius 2 is 1.88 bits per heavy atom. The highest BCUT2D eigenvalue weighted by atomic mass is 35.5. The molecule has 0 saturated heterocycles. The molecule has 1 aromatic carbocycles. The average Bonchev–Trinajstić information content (AvgIpc) is 2.29. The van der Waals surface area contributed by atoms with E-state index in [1.54, 1.807) is 13.1 Å². The Hall–Kier alpha value is -1.81. The van der Waals surface area contributed by atoms with Gasteiger partial charge in [-0.25, -0.2) is 4.98 Å². The summed E-state index contributed by atoms with van der Waals surface area (Å²) < 4.78 is 0. The highest BCUT2D eigenvalue weighted by molar-refractivity contribution is 6.29. The van der Waals surface area contributed by atoms with Crippen LogP contribution in [0, 0.1) is 0 Å². The van der Waals surface area contributed by atoms with E-state index >= 15 is 0 Å². The molecule has 2 aromatic rings. The lowest BCUT2D eigenvalue weighted by molar-refractivity contribution is 1.16. The van der Waals surface area contributed by atoms with Crippen LogP contribution in [-0.4, -0.2) is 17.0 Å². The molecule has 0 unspecified atom stereocenters. The van der Waals surface area contributed by atoms with Crippen LogP contribution in [0.1, 0.15) is 0 Å². The van der Waals surface area contributed by atoms with Gasteiger partial charge in [0.05, 0.1) is 0 Å². The molecule has 2 N–H and O–H groups in total. The summed E-state index contributed by atoms with van der Waals surface area (Å²) in [4.78, 5) is 8.31. The SMILES string of the molecule is CNc1cc(Cl)nc(Nc2ccccc2)n1. The molecule has 0 spiro atoms. The predicted molar refractivity (Wildman–Crippen MR) is 66.3 cm³/mol. The average molecular weight is 235 g/mol. The predicted octanol–water partition coefficient (Wildman–Crippen LogP) is 2.92. The van der Waals surface area contributed by atoms with Gasteiger partial charge in [0.2, 0.25) is 5.95 Å². The van der Waals surface area contributed by atoms with Gasteiger partial charge in [-0.05, 0) is 12.1 Å². The molecule has 0 saturated carbocycles. The van der Waals surface area contributed by atoms with E-state index in [4.69, 9.17) is 11.6 Å². The maximum Gasteiger partial charge on any atom is 0.230 e. The van der Waals surface area contributed by atoms with Gasteiger partial charge in [-0.1, -0.05) is 29.8 Å². The van der Waals surface area contributed by atoms with E-state index in [9.17, 15) is 0 Å². The topological polar surface area (TPSA) is 49.8 Å². The second-order valence-electron chi connectivity index (χ2n) is 3.14. The molecule has 5 heteroatoms. The minimum Gasteiger partial charge on any atom is -0.373 e. The third kappa shape index (κ3) is 2.61. The Morgan fingerprint density at radius 1 is 1.12 bits per heavy atom. The number of rotatable bonds is 3. The highest BCUT2D eigenvalue weighted by Crippen LogP contribution is 2.17. The summed E-state index contributed by atoms with van der Waals surface area (Å²) in [5.74, 6) is 1.15. The molecular formula is C11H11ClN4. The van der Waals surface area contributed by atoms with Crippen LogP contribution in [0.15, 0.2) is 36.4 Å². The van der Waals surface area contributed by atoms with Gasteiger partial charge in [0.1, 0.15) is 11.0 Å². The van der Waals surface area contributed by atoms with Crippen molar-refractivity contribution in [2.45, 2.75) is 0 Å². The lowest BCUT2D eigenvalue weighted by Gasteiger charge is -2.06. The van der Waals surface area contributed by atoms with Gasteiger partial charge in [-0.2, -0.15) is 4.98 Å². The number of halogens is 1. The standard InChI is InChI=1S/C11H11ClN4/c1-13-10-7-9(12)15-11(16-10)14-8-5-3-2-4-6-8/h2-7H,1H3,(H2,13,14,15,16). The number of para-hydroxylation sites is 1. The van der Waals surface area contributed by atoms with Crippen molar-refractivity contribution in [3.8, 4) is 0 Å². The number of benzene rings is 1. The maximum absolute atomic E-state index is 5.86. The third-order valence-corrected chi connectivity index (χ3v) is 2.17. The Bertz CT molecular complexity index is 473. The van der Waals surface area contributed by atoms with Gasteiger partial charge < -0.3 is 10.6 Å². The fraction of sp³-hybridized carbons (Fsp3) is 0.0909. The number of nitrogens with zero attached hydrogens (tertiary/aromatic N) is 2. The molecule has 0 radical (unpaired) electrons. The number of aromatic nitrogens is 2. The van der Waals surface area contributed by atoms with Gasteiger partial charge >= 0.3 is 0 Å². The van der Waals surface area contributed by atoms with Crippen molar-refractivity contribution >= 4 is 29.1 Å². The molecule has 16 heavy (non-hydrogen) atoms. The van der Waals surface area contributed by atoms with E-state index in [2.05, 4.69) is 20.6 Å². The van der Waals surface area contributed by atoms with E-state index in [0.717, 1.165) is 5.69 Å². The fourth-order valence-corrected chi connectivity index (χ4v) is 1.44. The molecule has 2 rings (SSSR count). The number of hydrogen-bond donors (Lipinski definition) is 2. The van der Waals surface area contributed by atoms with Gasteiger partial charge in [0, 0.05) is 18.8 Å². The summed E-state index contributed by atoms with van der Waals surface area (Å²) in [6.07, 6.45) is 0. The number of nitrogens with one attached hydrogen (secondary N) is 2. The van der Waals surface area contributed by atoms with E-state index in [0.29, 0.717) is 16.9 Å². The van der Waals surface area contributed by atoms with Crippen molar-refractivity contribution in [3.05, 3.63) is 41.6 Å². The van der Waals surface area contributed by atoms with Crippen LogP contribution < -0.4 is 10.6 Å². The van der Waals surface area contributed by atoms with Crippen molar-refractivity contribution in [2.75, 3.05) is 17.7 Å². The van der Waals surface area contributed by atoms with E-state index in [1.807, 2.05) is 30.3 Å². The fourth-order valence-electron chi connectivity index (χ4n) is 1.25. The Labute approximate surface area is 98.7 Å². The van der Waals surface area contributed by atoms with Crippen molar-refractivity contribution in [3.63, 3.8) is 0 Å². The minimum atomic E-state index is 0.401. The van der Waals surface area contributed by atoms with Gasteiger partial charge in [0.15, 0.2) is 0 Å². The highest BCUT2D eigenvalue weighted by Gasteiger charge is 2.01. The van der Waals surface area contributed by atoms with E-state index in [1.165, 1.54) is 0 Å². The normalized spacial score (nSPS) is 9.88. The molecule has 4 nitrogen and oxygen atoms in total. The first-order valence-corrected chi connectivity index (χ1v) is 5.20. The Kier molecular flexibility index (Phi) is 3.22. The second-order valence-corrected chi connectivity index (χ2v) is 3.53. The zero-order valence-electron chi connectivity index (χ0n) is 8.74. The van der Waals surface area contributed by atoms with Crippen LogP contribution in [0.3, 0.4) is 0 Å². The molecule has 1 heterocycles. The minimum absolute atomic E-state index is 0.401. The molecule has 0 aliphatic rings. The molecule has 1 aromatic heterocycles. The first-order valence-electron chi connectivity index (χ1n) is 4.82. The van der Waals surface area contributed by atoms with E-state index < -0.39 is 0 Å². The zero-order chi connectivity index (χ0) is 11.4. The summed E-state index contributed by atoms with van der Waals surface area (Å²) in [5.41, 5.74) is 0.923. The van der Waals surface area contributed by atoms with Crippen molar-refractivity contribution in [2.24, 2.45) is 0 Å². The monoisotopic (exact) mass is 234 g/mol. The van der Waals surface area contributed by atoms with Crippen molar-refractivity contribution in [1.82, 2.24) is 9.97 Å². The Balaban J connectivity index is 2.24. The van der Waals surface area contributed by atoms with Gasteiger partial charge in [0.25, 0.3) is 0 Å². The van der Waals surface area contributed by atoms with Crippen molar-refractivity contribution in [1.29, 1.82) is 0 Å². The Morgan fingerprint density at radius 3 is 2.56 bits per heavy atom. The summed E-state index contributed by atoms with van der Waals surface area (Å²) in [6.45, 7) is 0.